The number of aromatic nitrogens is 1. The highest BCUT2D eigenvalue weighted by atomic mass is 19.4. The molecule has 154 valence electrons. The van der Waals surface area contributed by atoms with Gasteiger partial charge in [-0.2, -0.15) is 13.2 Å². The van der Waals surface area contributed by atoms with Gasteiger partial charge in [0.2, 0.25) is 5.91 Å². The van der Waals surface area contributed by atoms with E-state index < -0.39 is 17.7 Å². The third-order valence-electron chi connectivity index (χ3n) is 5.13. The third kappa shape index (κ3) is 5.00. The van der Waals surface area contributed by atoms with Gasteiger partial charge in [-0.25, -0.2) is 0 Å². The molecule has 0 bridgehead atoms. The highest BCUT2D eigenvalue weighted by molar-refractivity contribution is 5.86. The topological polar surface area (TPSA) is 44.9 Å². The summed E-state index contributed by atoms with van der Waals surface area (Å²) in [5.41, 5.74) is 0.948. The molecule has 0 radical (unpaired) electrons. The van der Waals surface area contributed by atoms with Crippen LogP contribution in [0.1, 0.15) is 55.2 Å². The number of carbonyl (C=O) groups excluding carboxylic acids is 1. The molecule has 29 heavy (non-hydrogen) atoms. The number of nitrogens with one attached hydrogen (secondary N) is 2. The minimum Gasteiger partial charge on any atom is -0.361 e. The Hall–Kier alpha value is -2.76. The first-order valence-corrected chi connectivity index (χ1v) is 9.90. The molecule has 0 saturated heterocycles. The Balaban J connectivity index is 1.98. The fraction of sp³-hybridized carbons (Fsp3) is 0.348. The fourth-order valence-electron chi connectivity index (χ4n) is 3.69. The first-order valence-electron chi connectivity index (χ1n) is 9.90. The van der Waals surface area contributed by atoms with Crippen LogP contribution in [0.4, 0.5) is 13.2 Å². The molecule has 1 aromatic heterocycles. The summed E-state index contributed by atoms with van der Waals surface area (Å²) in [6.07, 6.45) is 0.0848. The predicted molar refractivity (Wildman–Crippen MR) is 109 cm³/mol. The van der Waals surface area contributed by atoms with E-state index in [9.17, 15) is 18.0 Å². The number of benzene rings is 2. The van der Waals surface area contributed by atoms with E-state index in [0.29, 0.717) is 12.1 Å². The number of unbranched alkanes of at least 4 members (excludes halogenated alkanes) is 2. The molecular formula is C23H25F3N2O. The van der Waals surface area contributed by atoms with Gasteiger partial charge in [0.25, 0.3) is 0 Å². The van der Waals surface area contributed by atoms with Crippen molar-refractivity contribution in [1.82, 2.24) is 10.3 Å². The van der Waals surface area contributed by atoms with Crippen LogP contribution in [0.25, 0.3) is 10.9 Å². The van der Waals surface area contributed by atoms with Crippen molar-refractivity contribution in [2.24, 2.45) is 0 Å². The van der Waals surface area contributed by atoms with Crippen LogP contribution in [0.2, 0.25) is 0 Å². The number of aromatic amines is 1. The molecule has 2 aromatic carbocycles. The SMILES string of the molecule is CCCCCNC(=O)C[C@H](c1ccccc1C(F)(F)F)c1c[nH]c2ccccc12. The Bertz CT molecular complexity index is 962. The maximum absolute atomic E-state index is 13.7. The zero-order valence-electron chi connectivity index (χ0n) is 16.4. The fourth-order valence-corrected chi connectivity index (χ4v) is 3.69. The van der Waals surface area contributed by atoms with Crippen molar-refractivity contribution in [3.05, 3.63) is 71.4 Å². The Kier molecular flexibility index (Phi) is 6.62. The summed E-state index contributed by atoms with van der Waals surface area (Å²) in [5, 5.41) is 3.68. The summed E-state index contributed by atoms with van der Waals surface area (Å²) in [4.78, 5) is 15.7. The Morgan fingerprint density at radius 3 is 2.52 bits per heavy atom. The lowest BCUT2D eigenvalue weighted by atomic mass is 9.85. The second-order valence-electron chi connectivity index (χ2n) is 7.19. The zero-order chi connectivity index (χ0) is 20.9. The van der Waals surface area contributed by atoms with Crippen molar-refractivity contribution < 1.29 is 18.0 Å². The quantitative estimate of drug-likeness (QED) is 0.445. The van der Waals surface area contributed by atoms with E-state index in [0.717, 1.165) is 36.2 Å². The lowest BCUT2D eigenvalue weighted by molar-refractivity contribution is -0.138. The van der Waals surface area contributed by atoms with Crippen molar-refractivity contribution in [1.29, 1.82) is 0 Å². The van der Waals surface area contributed by atoms with Crippen LogP contribution in [0.5, 0.6) is 0 Å². The highest BCUT2D eigenvalue weighted by Crippen LogP contribution is 2.40. The molecule has 3 rings (SSSR count). The van der Waals surface area contributed by atoms with Gasteiger partial charge in [-0.15, -0.1) is 0 Å². The van der Waals surface area contributed by atoms with Gasteiger partial charge < -0.3 is 10.3 Å². The molecule has 3 nitrogen and oxygen atoms in total. The van der Waals surface area contributed by atoms with Crippen molar-refractivity contribution in [3.8, 4) is 0 Å². The van der Waals surface area contributed by atoms with E-state index >= 15 is 0 Å². The van der Waals surface area contributed by atoms with Crippen LogP contribution in [0.15, 0.2) is 54.7 Å². The summed E-state index contributed by atoms with van der Waals surface area (Å²) in [5.74, 6) is -0.941. The molecule has 0 saturated carbocycles. The van der Waals surface area contributed by atoms with E-state index in [1.165, 1.54) is 12.1 Å². The number of rotatable bonds is 8. The summed E-state index contributed by atoms with van der Waals surface area (Å²) in [6.45, 7) is 2.61. The number of hydrogen-bond acceptors (Lipinski definition) is 1. The molecule has 0 fully saturated rings. The molecule has 1 heterocycles. The molecule has 1 atom stereocenters. The first-order chi connectivity index (χ1) is 13.9. The molecule has 0 aliphatic rings. The second-order valence-corrected chi connectivity index (χ2v) is 7.19. The van der Waals surface area contributed by atoms with Crippen LogP contribution in [-0.2, 0) is 11.0 Å². The average molecular weight is 402 g/mol. The number of hydrogen-bond donors (Lipinski definition) is 2. The normalized spacial score (nSPS) is 12.8. The van der Waals surface area contributed by atoms with E-state index in [2.05, 4.69) is 17.2 Å². The number of carbonyl (C=O) groups is 1. The molecule has 3 aromatic rings. The summed E-state index contributed by atoms with van der Waals surface area (Å²) < 4.78 is 41.0. The molecule has 2 N–H and O–H groups in total. The molecular weight excluding hydrogens is 377 g/mol. The van der Waals surface area contributed by atoms with Gasteiger partial charge in [-0.05, 0) is 29.7 Å². The van der Waals surface area contributed by atoms with Crippen LogP contribution in [0.3, 0.4) is 0 Å². The van der Waals surface area contributed by atoms with Gasteiger partial charge in [-0.3, -0.25) is 4.79 Å². The third-order valence-corrected chi connectivity index (χ3v) is 5.13. The number of H-pyrrole nitrogens is 1. The van der Waals surface area contributed by atoms with Crippen molar-refractivity contribution in [2.75, 3.05) is 6.54 Å². The standard InChI is InChI=1S/C23H25F3N2O/c1-2-3-8-13-27-22(29)14-18(16-9-4-6-11-20(16)23(24,25)26)19-15-28-21-12-7-5-10-17(19)21/h4-7,9-12,15,18,28H,2-3,8,13-14H2,1H3,(H,27,29)/t18-/m1/s1. The van der Waals surface area contributed by atoms with E-state index in [1.807, 2.05) is 24.3 Å². The summed E-state index contributed by atoms with van der Waals surface area (Å²) in [6, 6.07) is 13.0. The highest BCUT2D eigenvalue weighted by Gasteiger charge is 2.36. The Morgan fingerprint density at radius 2 is 1.76 bits per heavy atom. The Morgan fingerprint density at radius 1 is 1.03 bits per heavy atom. The van der Waals surface area contributed by atoms with Gasteiger partial charge in [0, 0.05) is 36.0 Å². The smallest absolute Gasteiger partial charge is 0.361 e. The molecule has 0 unspecified atom stereocenters. The molecule has 1 amide bonds. The van der Waals surface area contributed by atoms with Crippen LogP contribution < -0.4 is 5.32 Å². The lowest BCUT2D eigenvalue weighted by Crippen LogP contribution is -2.27. The predicted octanol–water partition coefficient (Wildman–Crippen LogP) is 6.02. The summed E-state index contributed by atoms with van der Waals surface area (Å²) >= 11 is 0. The maximum atomic E-state index is 13.7. The lowest BCUT2D eigenvalue weighted by Gasteiger charge is -2.21. The van der Waals surface area contributed by atoms with Crippen LogP contribution in [-0.4, -0.2) is 17.4 Å². The minimum atomic E-state index is -4.49. The second kappa shape index (κ2) is 9.16. The minimum absolute atomic E-state index is 0.0406. The van der Waals surface area contributed by atoms with Crippen molar-refractivity contribution in [3.63, 3.8) is 0 Å². The van der Waals surface area contributed by atoms with E-state index in [4.69, 9.17) is 0 Å². The van der Waals surface area contributed by atoms with Gasteiger partial charge in [0.15, 0.2) is 0 Å². The van der Waals surface area contributed by atoms with Gasteiger partial charge in [-0.1, -0.05) is 56.2 Å². The monoisotopic (exact) mass is 402 g/mol. The molecule has 0 spiro atoms. The molecule has 6 heteroatoms. The number of halogens is 3. The zero-order valence-corrected chi connectivity index (χ0v) is 16.4. The first kappa shape index (κ1) is 21.0. The van der Waals surface area contributed by atoms with E-state index in [1.54, 1.807) is 12.3 Å². The number of alkyl halides is 3. The van der Waals surface area contributed by atoms with E-state index in [-0.39, 0.29) is 17.9 Å². The van der Waals surface area contributed by atoms with Crippen LogP contribution >= 0.6 is 0 Å². The van der Waals surface area contributed by atoms with Gasteiger partial charge in [0.1, 0.15) is 0 Å². The van der Waals surface area contributed by atoms with Crippen molar-refractivity contribution >= 4 is 16.8 Å². The van der Waals surface area contributed by atoms with Gasteiger partial charge in [0.05, 0.1) is 5.56 Å². The van der Waals surface area contributed by atoms with Gasteiger partial charge >= 0.3 is 6.18 Å². The van der Waals surface area contributed by atoms with Crippen LogP contribution in [0, 0.1) is 0 Å². The summed E-state index contributed by atoms with van der Waals surface area (Å²) in [7, 11) is 0. The maximum Gasteiger partial charge on any atom is 0.416 e. The number of para-hydroxylation sites is 1. The number of fused-ring (bicyclic) bond motifs is 1. The molecule has 0 aliphatic heterocycles. The average Bonchev–Trinajstić information content (AvgIpc) is 3.13. The van der Waals surface area contributed by atoms with Crippen molar-refractivity contribution in [2.45, 2.75) is 44.7 Å². The largest absolute Gasteiger partial charge is 0.416 e. The molecule has 0 aliphatic carbocycles. The number of amides is 1. The Labute approximate surface area is 168 Å².